The average molecular weight is 328 g/mol. The summed E-state index contributed by atoms with van der Waals surface area (Å²) in [5.41, 5.74) is -1.33. The molecule has 0 aliphatic carbocycles. The number of aliphatic hydroxyl groups is 1. The van der Waals surface area contributed by atoms with E-state index < -0.39 is 35.1 Å². The molecule has 0 saturated carbocycles. The second-order valence-electron chi connectivity index (χ2n) is 6.99. The summed E-state index contributed by atoms with van der Waals surface area (Å²) < 4.78 is 10.2. The molecular formula is C15H26N3O5+. The quantitative estimate of drug-likeness (QED) is 0.455. The van der Waals surface area contributed by atoms with Crippen molar-refractivity contribution in [2.75, 3.05) is 0 Å². The monoisotopic (exact) mass is 328 g/mol. The molecule has 0 spiro atoms. The molecule has 0 saturated heterocycles. The lowest BCUT2D eigenvalue weighted by Gasteiger charge is -2.23. The second-order valence-corrected chi connectivity index (χ2v) is 6.99. The maximum atomic E-state index is 11.8. The number of hydrogen-bond donors (Lipinski definition) is 2. The predicted octanol–water partition coefficient (Wildman–Crippen LogP) is 3.25. The van der Waals surface area contributed by atoms with Gasteiger partial charge in [0.1, 0.15) is 11.2 Å². The maximum absolute atomic E-state index is 11.8. The van der Waals surface area contributed by atoms with Gasteiger partial charge >= 0.3 is 18.3 Å². The summed E-state index contributed by atoms with van der Waals surface area (Å²) in [6, 6.07) is -0.937. The van der Waals surface area contributed by atoms with Crippen LogP contribution >= 0.6 is 0 Å². The maximum Gasteiger partial charge on any atom is 0.408 e. The van der Waals surface area contributed by atoms with Crippen LogP contribution in [0.4, 0.5) is 4.79 Å². The zero-order chi connectivity index (χ0) is 18.3. The van der Waals surface area contributed by atoms with Crippen molar-refractivity contribution in [1.82, 2.24) is 5.32 Å². The normalized spacial score (nSPS) is 13.7. The summed E-state index contributed by atoms with van der Waals surface area (Å²) in [4.78, 5) is 26.2. The highest BCUT2D eigenvalue weighted by atomic mass is 16.6. The van der Waals surface area contributed by atoms with Gasteiger partial charge in [-0.05, 0) is 48.0 Å². The zero-order valence-corrected chi connectivity index (χ0v) is 14.5. The highest BCUT2D eigenvalue weighted by Crippen LogP contribution is 2.14. The largest absolute Gasteiger partial charge is 0.504 e. The van der Waals surface area contributed by atoms with Gasteiger partial charge in [-0.25, -0.2) is 4.79 Å². The van der Waals surface area contributed by atoms with Gasteiger partial charge in [-0.15, -0.1) is 0 Å². The van der Waals surface area contributed by atoms with Crippen LogP contribution in [-0.4, -0.2) is 34.4 Å². The molecule has 0 aromatic heterocycles. The highest BCUT2D eigenvalue weighted by Gasteiger charge is 2.25. The molecule has 1 amide bonds. The van der Waals surface area contributed by atoms with Gasteiger partial charge in [0, 0.05) is 6.42 Å². The third-order valence-electron chi connectivity index (χ3n) is 2.30. The van der Waals surface area contributed by atoms with E-state index in [2.05, 4.69) is 10.3 Å². The Hall–Kier alpha value is -2.30. The summed E-state index contributed by atoms with van der Waals surface area (Å²) in [5, 5.41) is 20.7. The number of hydrogen-bond acceptors (Lipinski definition) is 6. The van der Waals surface area contributed by atoms with E-state index in [-0.39, 0.29) is 12.8 Å². The molecule has 1 unspecified atom stereocenters. The fourth-order valence-electron chi connectivity index (χ4n) is 1.55. The minimum Gasteiger partial charge on any atom is -0.504 e. The first-order valence-electron chi connectivity index (χ1n) is 7.28. The molecule has 0 fully saturated rings. The minimum atomic E-state index is -0.937. The molecule has 0 aliphatic heterocycles. The number of ether oxygens (including phenoxy) is 2. The van der Waals surface area contributed by atoms with E-state index in [9.17, 15) is 14.7 Å². The smallest absolute Gasteiger partial charge is 0.408 e. The number of nitrogens with zero attached hydrogens (tertiary/aromatic N) is 2. The van der Waals surface area contributed by atoms with Crippen molar-refractivity contribution in [3.63, 3.8) is 0 Å². The van der Waals surface area contributed by atoms with Gasteiger partial charge in [0.05, 0.1) is 6.04 Å². The standard InChI is InChI=1S/C15H25N3O5/c1-14(2,3)22-12(20)8-7-10(11(19)9-17-16)18-13(21)23-15(4,5)6/h9-10H,7-8H2,1-6H3,(H-,18,19,21)/p+1/b11-9-. The number of esters is 1. The molecule has 0 heterocycles. The minimum absolute atomic E-state index is 0.0406. The second kappa shape index (κ2) is 8.36. The summed E-state index contributed by atoms with van der Waals surface area (Å²) in [6.07, 6.45) is 0.0362. The zero-order valence-electron chi connectivity index (χ0n) is 14.5. The van der Waals surface area contributed by atoms with Gasteiger partial charge in [0.2, 0.25) is 11.2 Å². The molecule has 8 nitrogen and oxygen atoms in total. The first kappa shape index (κ1) is 20.7. The predicted molar refractivity (Wildman–Crippen MR) is 84.0 cm³/mol. The van der Waals surface area contributed by atoms with Crippen LogP contribution in [0.3, 0.4) is 0 Å². The van der Waals surface area contributed by atoms with Crippen LogP contribution < -0.4 is 5.32 Å². The van der Waals surface area contributed by atoms with Crippen LogP contribution in [-0.2, 0) is 14.3 Å². The third kappa shape index (κ3) is 11.0. The molecule has 0 bridgehead atoms. The number of carbonyl (C=O) groups excluding carboxylic acids is 2. The van der Waals surface area contributed by atoms with Crippen LogP contribution in [0, 0.1) is 5.39 Å². The molecule has 0 radical (unpaired) electrons. The average Bonchev–Trinajstić information content (AvgIpc) is 2.30. The van der Waals surface area contributed by atoms with Crippen molar-refractivity contribution in [3.05, 3.63) is 16.9 Å². The SMILES string of the molecule is CC(C)(C)OC(=O)CCC(NC(=O)OC(C)(C)C)/C(O)=C/[N+]#N. The molecular weight excluding hydrogens is 302 g/mol. The Morgan fingerprint density at radius 2 is 1.70 bits per heavy atom. The Bertz CT molecular complexity index is 495. The molecule has 0 aromatic rings. The first-order chi connectivity index (χ1) is 10.3. The Balaban J connectivity index is 4.79. The molecule has 1 atom stereocenters. The highest BCUT2D eigenvalue weighted by molar-refractivity contribution is 5.71. The van der Waals surface area contributed by atoms with Crippen molar-refractivity contribution < 1.29 is 24.2 Å². The van der Waals surface area contributed by atoms with E-state index in [1.807, 2.05) is 0 Å². The molecule has 0 rings (SSSR count). The number of aliphatic hydroxyl groups excluding tert-OH is 1. The lowest BCUT2D eigenvalue weighted by molar-refractivity contribution is -0.155. The molecule has 8 heteroatoms. The summed E-state index contributed by atoms with van der Waals surface area (Å²) >= 11 is 0. The number of diazo groups is 1. The van der Waals surface area contributed by atoms with Crippen molar-refractivity contribution in [2.24, 2.45) is 0 Å². The Labute approximate surface area is 136 Å². The van der Waals surface area contributed by atoms with E-state index >= 15 is 0 Å². The van der Waals surface area contributed by atoms with E-state index in [4.69, 9.17) is 14.9 Å². The summed E-state index contributed by atoms with van der Waals surface area (Å²) in [5.74, 6) is -0.871. The van der Waals surface area contributed by atoms with E-state index in [0.717, 1.165) is 6.20 Å². The first-order valence-corrected chi connectivity index (χ1v) is 7.28. The Morgan fingerprint density at radius 1 is 1.17 bits per heavy atom. The van der Waals surface area contributed by atoms with Crippen molar-refractivity contribution in [3.8, 4) is 0 Å². The van der Waals surface area contributed by atoms with Crippen LogP contribution in [0.5, 0.6) is 0 Å². The van der Waals surface area contributed by atoms with Gasteiger partial charge in [-0.1, -0.05) is 0 Å². The summed E-state index contributed by atoms with van der Waals surface area (Å²) in [6.45, 7) is 10.3. The fourth-order valence-corrected chi connectivity index (χ4v) is 1.55. The topological polar surface area (TPSA) is 113 Å². The van der Waals surface area contributed by atoms with E-state index in [0.29, 0.717) is 0 Å². The molecule has 0 aromatic carbocycles. The van der Waals surface area contributed by atoms with Crippen molar-refractivity contribution in [1.29, 1.82) is 5.39 Å². The number of amides is 1. The molecule has 23 heavy (non-hydrogen) atoms. The van der Waals surface area contributed by atoms with E-state index in [1.54, 1.807) is 41.5 Å². The van der Waals surface area contributed by atoms with Gasteiger partial charge in [0.15, 0.2) is 4.98 Å². The number of nitrogens with one attached hydrogen (secondary N) is 1. The Kier molecular flexibility index (Phi) is 7.53. The molecule has 130 valence electrons. The van der Waals surface area contributed by atoms with Crippen molar-refractivity contribution >= 4 is 12.1 Å². The lowest BCUT2D eigenvalue weighted by Crippen LogP contribution is -2.40. The van der Waals surface area contributed by atoms with Gasteiger partial charge in [-0.3, -0.25) is 4.79 Å². The number of alkyl carbamates (subject to hydrolysis) is 1. The third-order valence-corrected chi connectivity index (χ3v) is 2.30. The van der Waals surface area contributed by atoms with Gasteiger partial charge in [-0.2, -0.15) is 0 Å². The fraction of sp³-hybridized carbons (Fsp3) is 0.733. The lowest BCUT2D eigenvalue weighted by atomic mass is 10.1. The van der Waals surface area contributed by atoms with E-state index in [1.165, 1.54) is 0 Å². The van der Waals surface area contributed by atoms with Crippen LogP contribution in [0.1, 0.15) is 54.4 Å². The van der Waals surface area contributed by atoms with Crippen molar-refractivity contribution in [2.45, 2.75) is 71.6 Å². The number of rotatable bonds is 5. The molecule has 2 N–H and O–H groups in total. The van der Waals surface area contributed by atoms with Gasteiger partial charge in [0.25, 0.3) is 0 Å². The van der Waals surface area contributed by atoms with Crippen LogP contribution in [0.15, 0.2) is 12.0 Å². The number of carbonyl (C=O) groups is 2. The van der Waals surface area contributed by atoms with Crippen LogP contribution in [0.25, 0.3) is 4.98 Å². The van der Waals surface area contributed by atoms with Crippen LogP contribution in [0.2, 0.25) is 0 Å². The molecule has 0 aliphatic rings. The van der Waals surface area contributed by atoms with Gasteiger partial charge < -0.3 is 19.9 Å². The summed E-state index contributed by atoms with van der Waals surface area (Å²) in [7, 11) is 0. The Morgan fingerprint density at radius 3 is 2.13 bits per heavy atom.